The number of hydrogen-bond donors (Lipinski definition) is 1. The summed E-state index contributed by atoms with van der Waals surface area (Å²) in [5.74, 6) is 2.00. The summed E-state index contributed by atoms with van der Waals surface area (Å²) in [6.45, 7) is 2.21. The van der Waals surface area contributed by atoms with Gasteiger partial charge in [-0.05, 0) is 6.42 Å². The average Bonchev–Trinajstić information content (AvgIpc) is 2.50. The van der Waals surface area contributed by atoms with Gasteiger partial charge < -0.3 is 19.5 Å². The second kappa shape index (κ2) is 7.97. The van der Waals surface area contributed by atoms with Gasteiger partial charge in [0.1, 0.15) is 9.84 Å². The second-order valence-corrected chi connectivity index (χ2v) is 6.90. The summed E-state index contributed by atoms with van der Waals surface area (Å²) in [6, 6.07) is 3.57. The van der Waals surface area contributed by atoms with Gasteiger partial charge in [0, 0.05) is 30.1 Å². The molecule has 1 aromatic rings. The molecule has 120 valence electrons. The first kappa shape index (κ1) is 17.4. The molecule has 0 saturated carbocycles. The van der Waals surface area contributed by atoms with Gasteiger partial charge in [-0.15, -0.1) is 0 Å². The molecule has 0 aromatic heterocycles. The Kier molecular flexibility index (Phi) is 6.61. The zero-order valence-corrected chi connectivity index (χ0v) is 13.7. The summed E-state index contributed by atoms with van der Waals surface area (Å²) < 4.78 is 38.6. The van der Waals surface area contributed by atoms with E-state index in [9.17, 15) is 8.42 Å². The van der Waals surface area contributed by atoms with E-state index in [-0.39, 0.29) is 11.5 Å². The lowest BCUT2D eigenvalue weighted by atomic mass is 10.2. The average molecular weight is 317 g/mol. The fourth-order valence-electron chi connectivity index (χ4n) is 1.85. The monoisotopic (exact) mass is 317 g/mol. The molecule has 1 rings (SSSR count). The van der Waals surface area contributed by atoms with Crippen molar-refractivity contribution in [1.29, 1.82) is 0 Å². The van der Waals surface area contributed by atoms with Crippen LogP contribution in [-0.4, -0.2) is 47.8 Å². The molecule has 0 saturated heterocycles. The van der Waals surface area contributed by atoms with Crippen LogP contribution in [0.1, 0.15) is 13.3 Å². The molecule has 0 aliphatic carbocycles. The Balaban J connectivity index is 2.72. The Morgan fingerprint density at radius 1 is 1.05 bits per heavy atom. The molecule has 0 bridgehead atoms. The fourth-order valence-corrected chi connectivity index (χ4v) is 2.73. The largest absolute Gasteiger partial charge is 0.493 e. The third kappa shape index (κ3) is 5.00. The van der Waals surface area contributed by atoms with E-state index < -0.39 is 9.84 Å². The maximum atomic E-state index is 11.4. The number of ether oxygens (including phenoxy) is 3. The van der Waals surface area contributed by atoms with Gasteiger partial charge in [-0.1, -0.05) is 6.92 Å². The van der Waals surface area contributed by atoms with Crippen LogP contribution in [0.5, 0.6) is 17.2 Å². The molecule has 1 N–H and O–H groups in total. The standard InChI is InChI=1S/C14H23NO5S/c1-5-21(16,17)8-6-7-15-11-9-12(18-2)14(20-4)13(10-11)19-3/h9-10,15H,5-8H2,1-4H3. The number of nitrogens with one attached hydrogen (secondary N) is 1. The first-order valence-corrected chi connectivity index (χ1v) is 8.53. The number of anilines is 1. The van der Waals surface area contributed by atoms with Crippen molar-refractivity contribution in [3.63, 3.8) is 0 Å². The molecule has 6 nitrogen and oxygen atoms in total. The van der Waals surface area contributed by atoms with Crippen molar-refractivity contribution in [2.75, 3.05) is 44.7 Å². The minimum Gasteiger partial charge on any atom is -0.493 e. The fraction of sp³-hybridized carbons (Fsp3) is 0.571. The van der Waals surface area contributed by atoms with Crippen LogP contribution < -0.4 is 19.5 Å². The molecule has 0 unspecified atom stereocenters. The van der Waals surface area contributed by atoms with Crippen LogP contribution in [0.3, 0.4) is 0 Å². The Hall–Kier alpha value is -1.63. The van der Waals surface area contributed by atoms with Gasteiger partial charge in [0.05, 0.1) is 27.1 Å². The van der Waals surface area contributed by atoms with E-state index in [0.29, 0.717) is 30.2 Å². The molecule has 21 heavy (non-hydrogen) atoms. The van der Waals surface area contributed by atoms with Gasteiger partial charge in [0.25, 0.3) is 0 Å². The molecule has 0 radical (unpaired) electrons. The molecule has 0 atom stereocenters. The molecule has 0 fully saturated rings. The summed E-state index contributed by atoms with van der Waals surface area (Å²) in [5.41, 5.74) is 0.790. The first-order chi connectivity index (χ1) is 9.97. The van der Waals surface area contributed by atoms with E-state index in [1.165, 1.54) is 0 Å². The predicted molar refractivity (Wildman–Crippen MR) is 83.5 cm³/mol. The lowest BCUT2D eigenvalue weighted by molar-refractivity contribution is 0.324. The minimum absolute atomic E-state index is 0.178. The Bertz CT molecular complexity index is 531. The van der Waals surface area contributed by atoms with Crippen LogP contribution in [0.25, 0.3) is 0 Å². The molecule has 0 spiro atoms. The first-order valence-electron chi connectivity index (χ1n) is 6.71. The van der Waals surface area contributed by atoms with Crippen LogP contribution in [0, 0.1) is 0 Å². The highest BCUT2D eigenvalue weighted by atomic mass is 32.2. The third-order valence-corrected chi connectivity index (χ3v) is 4.86. The van der Waals surface area contributed by atoms with Crippen LogP contribution in [0.2, 0.25) is 0 Å². The van der Waals surface area contributed by atoms with Gasteiger partial charge in [0.15, 0.2) is 11.5 Å². The normalized spacial score (nSPS) is 11.0. The topological polar surface area (TPSA) is 73.9 Å². The van der Waals surface area contributed by atoms with Gasteiger partial charge >= 0.3 is 0 Å². The second-order valence-electron chi connectivity index (χ2n) is 4.43. The molecule has 0 amide bonds. The maximum Gasteiger partial charge on any atom is 0.203 e. The molecule has 1 aromatic carbocycles. The van der Waals surface area contributed by atoms with E-state index in [0.717, 1.165) is 5.69 Å². The number of benzene rings is 1. The lowest BCUT2D eigenvalue weighted by Gasteiger charge is -2.15. The number of sulfone groups is 1. The summed E-state index contributed by atoms with van der Waals surface area (Å²) in [5, 5.41) is 3.16. The summed E-state index contributed by atoms with van der Waals surface area (Å²) in [7, 11) is 1.73. The Morgan fingerprint density at radius 3 is 2.05 bits per heavy atom. The highest BCUT2D eigenvalue weighted by Crippen LogP contribution is 2.39. The predicted octanol–water partition coefficient (Wildman–Crippen LogP) is 1.95. The quantitative estimate of drug-likeness (QED) is 0.702. The van der Waals surface area contributed by atoms with Gasteiger partial charge in [-0.2, -0.15) is 0 Å². The molecular formula is C14H23NO5S. The van der Waals surface area contributed by atoms with E-state index >= 15 is 0 Å². The van der Waals surface area contributed by atoms with Crippen molar-refractivity contribution in [2.45, 2.75) is 13.3 Å². The van der Waals surface area contributed by atoms with Crippen molar-refractivity contribution < 1.29 is 22.6 Å². The van der Waals surface area contributed by atoms with Crippen molar-refractivity contribution in [3.05, 3.63) is 12.1 Å². The van der Waals surface area contributed by atoms with E-state index in [1.54, 1.807) is 40.4 Å². The van der Waals surface area contributed by atoms with Crippen molar-refractivity contribution in [2.24, 2.45) is 0 Å². The SMILES string of the molecule is CCS(=O)(=O)CCCNc1cc(OC)c(OC)c(OC)c1. The van der Waals surface area contributed by atoms with Crippen molar-refractivity contribution in [3.8, 4) is 17.2 Å². The summed E-state index contributed by atoms with van der Waals surface area (Å²) in [6.07, 6.45) is 0.548. The van der Waals surface area contributed by atoms with Crippen LogP contribution >= 0.6 is 0 Å². The molecule has 0 aliphatic heterocycles. The van der Waals surface area contributed by atoms with E-state index in [4.69, 9.17) is 14.2 Å². The summed E-state index contributed by atoms with van der Waals surface area (Å²) in [4.78, 5) is 0. The van der Waals surface area contributed by atoms with Crippen molar-refractivity contribution >= 4 is 15.5 Å². The number of hydrogen-bond acceptors (Lipinski definition) is 6. The Morgan fingerprint density at radius 2 is 1.62 bits per heavy atom. The number of rotatable bonds is 9. The van der Waals surface area contributed by atoms with Gasteiger partial charge in [0.2, 0.25) is 5.75 Å². The van der Waals surface area contributed by atoms with Crippen LogP contribution in [0.15, 0.2) is 12.1 Å². The zero-order valence-electron chi connectivity index (χ0n) is 12.9. The van der Waals surface area contributed by atoms with Gasteiger partial charge in [-0.3, -0.25) is 0 Å². The van der Waals surface area contributed by atoms with E-state index in [1.807, 2.05) is 0 Å². The minimum atomic E-state index is -2.92. The molecule has 7 heteroatoms. The maximum absolute atomic E-state index is 11.4. The highest BCUT2D eigenvalue weighted by Gasteiger charge is 2.13. The molecule has 0 aliphatic rings. The zero-order chi connectivity index (χ0) is 15.9. The highest BCUT2D eigenvalue weighted by molar-refractivity contribution is 7.91. The molecular weight excluding hydrogens is 294 g/mol. The number of methoxy groups -OCH3 is 3. The smallest absolute Gasteiger partial charge is 0.203 e. The van der Waals surface area contributed by atoms with Gasteiger partial charge in [-0.25, -0.2) is 8.42 Å². The lowest BCUT2D eigenvalue weighted by Crippen LogP contribution is -2.13. The van der Waals surface area contributed by atoms with Crippen molar-refractivity contribution in [1.82, 2.24) is 0 Å². The molecule has 0 heterocycles. The van der Waals surface area contributed by atoms with Crippen LogP contribution in [0.4, 0.5) is 5.69 Å². The third-order valence-electron chi connectivity index (χ3n) is 3.07. The van der Waals surface area contributed by atoms with E-state index in [2.05, 4.69) is 5.32 Å². The Labute approximate surface area is 126 Å². The van der Waals surface area contributed by atoms with Crippen LogP contribution in [-0.2, 0) is 9.84 Å². The summed E-state index contributed by atoms with van der Waals surface area (Å²) >= 11 is 0.